The summed E-state index contributed by atoms with van der Waals surface area (Å²) in [6.45, 7) is 13.2. The van der Waals surface area contributed by atoms with Crippen molar-refractivity contribution in [2.45, 2.75) is 118 Å². The van der Waals surface area contributed by atoms with E-state index in [2.05, 4.69) is 52.1 Å². The Bertz CT molecular complexity index is 572. The molecule has 0 radical (unpaired) electrons. The van der Waals surface area contributed by atoms with Crippen LogP contribution < -0.4 is 15.8 Å². The first-order valence-corrected chi connectivity index (χ1v) is 13.4. The minimum Gasteiger partial charge on any atom is -0.491 e. The molecule has 3 heteroatoms. The number of nitrogen functional groups attached to an aromatic ring is 1. The Morgan fingerprint density at radius 1 is 0.806 bits per heavy atom. The Morgan fingerprint density at radius 2 is 1.45 bits per heavy atom. The third-order valence-electron chi connectivity index (χ3n) is 6.70. The predicted octanol–water partition coefficient (Wildman–Crippen LogP) is 8.62. The molecule has 0 heterocycles. The van der Waals surface area contributed by atoms with Gasteiger partial charge in [-0.3, -0.25) is 0 Å². The molecule has 180 valence electrons. The number of benzene rings is 1. The van der Waals surface area contributed by atoms with Crippen LogP contribution in [0.3, 0.4) is 0 Å². The molecule has 31 heavy (non-hydrogen) atoms. The largest absolute Gasteiger partial charge is 0.491 e. The number of hydrogen-bond donors (Lipinski definition) is 2. The van der Waals surface area contributed by atoms with E-state index in [4.69, 9.17) is 10.5 Å². The molecule has 0 saturated heterocycles. The Kier molecular flexibility index (Phi) is 15.4. The van der Waals surface area contributed by atoms with E-state index in [9.17, 15) is 0 Å². The van der Waals surface area contributed by atoms with Gasteiger partial charge < -0.3 is 15.8 Å². The molecule has 3 N–H and O–H groups in total. The molecule has 3 nitrogen and oxygen atoms in total. The molecule has 0 saturated carbocycles. The molecule has 1 aromatic carbocycles. The van der Waals surface area contributed by atoms with Crippen molar-refractivity contribution in [2.75, 3.05) is 24.2 Å². The van der Waals surface area contributed by atoms with E-state index in [0.717, 1.165) is 36.7 Å². The second kappa shape index (κ2) is 17.2. The van der Waals surface area contributed by atoms with Gasteiger partial charge in [0.15, 0.2) is 0 Å². The minimum absolute atomic E-state index is 0.631. The molecule has 2 atom stereocenters. The first-order chi connectivity index (χ1) is 15.1. The van der Waals surface area contributed by atoms with Gasteiger partial charge in [0.25, 0.3) is 0 Å². The second-order valence-electron chi connectivity index (χ2n) is 9.34. The summed E-state index contributed by atoms with van der Waals surface area (Å²) < 4.78 is 6.44. The van der Waals surface area contributed by atoms with Gasteiger partial charge in [0.05, 0.1) is 12.3 Å². The van der Waals surface area contributed by atoms with Gasteiger partial charge >= 0.3 is 0 Å². The van der Waals surface area contributed by atoms with E-state index in [1.165, 1.54) is 82.6 Å². The maximum absolute atomic E-state index is 6.53. The van der Waals surface area contributed by atoms with Gasteiger partial charge in [0.1, 0.15) is 5.75 Å². The smallest absolute Gasteiger partial charge is 0.142 e. The number of ether oxygens (including phenoxy) is 1. The average molecular weight is 433 g/mol. The van der Waals surface area contributed by atoms with Crippen LogP contribution in [-0.4, -0.2) is 13.2 Å². The van der Waals surface area contributed by atoms with Crippen molar-refractivity contribution >= 4 is 11.4 Å². The molecule has 2 unspecified atom stereocenters. The van der Waals surface area contributed by atoms with Crippen LogP contribution in [0.5, 0.6) is 5.75 Å². The van der Waals surface area contributed by atoms with Gasteiger partial charge in [-0.2, -0.15) is 0 Å². The maximum atomic E-state index is 6.53. The predicted molar refractivity (Wildman–Crippen MR) is 139 cm³/mol. The van der Waals surface area contributed by atoms with E-state index in [-0.39, 0.29) is 0 Å². The summed E-state index contributed by atoms with van der Waals surface area (Å²) in [5.74, 6) is 2.32. The highest BCUT2D eigenvalue weighted by molar-refractivity contribution is 5.71. The van der Waals surface area contributed by atoms with Crippen LogP contribution in [0.1, 0.15) is 117 Å². The van der Waals surface area contributed by atoms with Crippen LogP contribution in [0.4, 0.5) is 11.4 Å². The third-order valence-corrected chi connectivity index (χ3v) is 6.70. The van der Waals surface area contributed by atoms with Gasteiger partial charge in [-0.25, -0.2) is 0 Å². The third kappa shape index (κ3) is 10.7. The Labute approximate surface area is 193 Å². The normalized spacial score (nSPS) is 13.2. The van der Waals surface area contributed by atoms with Crippen molar-refractivity contribution in [2.24, 2.45) is 11.8 Å². The minimum atomic E-state index is 0.631. The Balaban J connectivity index is 3.01. The second-order valence-corrected chi connectivity index (χ2v) is 9.34. The summed E-state index contributed by atoms with van der Waals surface area (Å²) in [6.07, 6.45) is 16.1. The zero-order valence-corrected chi connectivity index (χ0v) is 21.4. The summed E-state index contributed by atoms with van der Waals surface area (Å²) in [4.78, 5) is 0. The van der Waals surface area contributed by atoms with Gasteiger partial charge in [-0.05, 0) is 43.2 Å². The molecule has 0 aliphatic heterocycles. The Morgan fingerprint density at radius 3 is 2.06 bits per heavy atom. The molecule has 1 aromatic rings. The first kappa shape index (κ1) is 27.7. The van der Waals surface area contributed by atoms with Crippen LogP contribution in [0.2, 0.25) is 0 Å². The van der Waals surface area contributed by atoms with E-state index >= 15 is 0 Å². The molecule has 0 fully saturated rings. The Hall–Kier alpha value is -1.38. The summed E-state index contributed by atoms with van der Waals surface area (Å²) in [5.41, 5.74) is 9.88. The van der Waals surface area contributed by atoms with Crippen molar-refractivity contribution in [3.63, 3.8) is 0 Å². The molecule has 1 rings (SSSR count). The number of rotatable bonds is 19. The number of nitrogens with one attached hydrogen (secondary N) is 1. The standard InChI is InChI=1S/C28H52N2O/c1-6-11-14-15-20-30-28-25(21-23(9-4)16-12-7-2)26(29)18-19-27(28)31-22-24(10-5)17-13-8-3/h18-19,23-24,30H,6-17,20-22,29H2,1-5H3. The van der Waals surface area contributed by atoms with Crippen molar-refractivity contribution in [1.29, 1.82) is 0 Å². The highest BCUT2D eigenvalue weighted by atomic mass is 16.5. The molecule has 0 aromatic heterocycles. The topological polar surface area (TPSA) is 47.3 Å². The fourth-order valence-electron chi connectivity index (χ4n) is 4.28. The van der Waals surface area contributed by atoms with Crippen LogP contribution in [0, 0.1) is 11.8 Å². The summed E-state index contributed by atoms with van der Waals surface area (Å²) in [6, 6.07) is 4.15. The van der Waals surface area contributed by atoms with E-state index in [1.807, 2.05) is 0 Å². The van der Waals surface area contributed by atoms with Gasteiger partial charge in [-0.15, -0.1) is 0 Å². The summed E-state index contributed by atoms with van der Waals surface area (Å²) in [7, 11) is 0. The quantitative estimate of drug-likeness (QED) is 0.170. The molecular formula is C28H52N2O. The van der Waals surface area contributed by atoms with Crippen molar-refractivity contribution in [1.82, 2.24) is 0 Å². The SMILES string of the molecule is CCCCCCNc1c(OCC(CC)CCCC)ccc(N)c1CC(CC)CCCC. The number of anilines is 2. The monoisotopic (exact) mass is 432 g/mol. The zero-order chi connectivity index (χ0) is 22.9. The lowest BCUT2D eigenvalue weighted by Crippen LogP contribution is -2.15. The highest BCUT2D eigenvalue weighted by Gasteiger charge is 2.18. The number of nitrogens with two attached hydrogens (primary N) is 1. The molecule has 0 amide bonds. The summed E-state index contributed by atoms with van der Waals surface area (Å²) >= 11 is 0. The molecule has 0 spiro atoms. The fraction of sp³-hybridized carbons (Fsp3) is 0.786. The highest BCUT2D eigenvalue weighted by Crippen LogP contribution is 2.36. The van der Waals surface area contributed by atoms with Crippen molar-refractivity contribution in [3.8, 4) is 5.75 Å². The van der Waals surface area contributed by atoms with Gasteiger partial charge in [0, 0.05) is 17.8 Å². The lowest BCUT2D eigenvalue weighted by molar-refractivity contribution is 0.234. The first-order valence-electron chi connectivity index (χ1n) is 13.4. The molecular weight excluding hydrogens is 380 g/mol. The van der Waals surface area contributed by atoms with E-state index < -0.39 is 0 Å². The average Bonchev–Trinajstić information content (AvgIpc) is 2.78. The van der Waals surface area contributed by atoms with Crippen molar-refractivity contribution in [3.05, 3.63) is 17.7 Å². The molecule has 0 aliphatic rings. The lowest BCUT2D eigenvalue weighted by atomic mass is 9.90. The molecule has 0 aliphatic carbocycles. The maximum Gasteiger partial charge on any atom is 0.142 e. The van der Waals surface area contributed by atoms with E-state index in [0.29, 0.717) is 11.8 Å². The van der Waals surface area contributed by atoms with Crippen LogP contribution >= 0.6 is 0 Å². The fourth-order valence-corrected chi connectivity index (χ4v) is 4.28. The van der Waals surface area contributed by atoms with E-state index in [1.54, 1.807) is 0 Å². The number of unbranched alkanes of at least 4 members (excludes halogenated alkanes) is 5. The summed E-state index contributed by atoms with van der Waals surface area (Å²) in [5, 5.41) is 3.75. The zero-order valence-electron chi connectivity index (χ0n) is 21.4. The number of hydrogen-bond acceptors (Lipinski definition) is 3. The van der Waals surface area contributed by atoms with Crippen molar-refractivity contribution < 1.29 is 4.74 Å². The van der Waals surface area contributed by atoms with Crippen LogP contribution in [-0.2, 0) is 6.42 Å². The van der Waals surface area contributed by atoms with Crippen LogP contribution in [0.25, 0.3) is 0 Å². The van der Waals surface area contributed by atoms with Crippen LogP contribution in [0.15, 0.2) is 12.1 Å². The lowest BCUT2D eigenvalue weighted by Gasteiger charge is -2.23. The van der Waals surface area contributed by atoms with Gasteiger partial charge in [-0.1, -0.05) is 98.8 Å². The molecule has 0 bridgehead atoms. The van der Waals surface area contributed by atoms with Gasteiger partial charge in [0.2, 0.25) is 0 Å².